The zero-order valence-corrected chi connectivity index (χ0v) is 20.2. The molecule has 4 rings (SSSR count). The molecule has 1 aliphatic heterocycles. The molecule has 0 spiro atoms. The maximum absolute atomic E-state index is 13.4. The van der Waals surface area contributed by atoms with Gasteiger partial charge in [-0.05, 0) is 53.4 Å². The van der Waals surface area contributed by atoms with E-state index in [0.717, 1.165) is 11.1 Å². The zero-order chi connectivity index (χ0) is 25.1. The molecule has 7 nitrogen and oxygen atoms in total. The van der Waals surface area contributed by atoms with Crippen LogP contribution in [0.3, 0.4) is 0 Å². The van der Waals surface area contributed by atoms with Gasteiger partial charge in [0, 0.05) is 30.1 Å². The van der Waals surface area contributed by atoms with Crippen molar-refractivity contribution in [3.8, 4) is 11.5 Å². The monoisotopic (exact) mass is 472 g/mol. The van der Waals surface area contributed by atoms with Crippen LogP contribution in [0.1, 0.15) is 48.1 Å². The summed E-state index contributed by atoms with van der Waals surface area (Å²) < 4.78 is 11.0. The van der Waals surface area contributed by atoms with Gasteiger partial charge >= 0.3 is 0 Å². The first-order chi connectivity index (χ1) is 16.9. The number of rotatable bonds is 7. The highest BCUT2D eigenvalue weighted by atomic mass is 16.5. The number of nitrogens with zero attached hydrogens (tertiary/aromatic N) is 2. The number of Topliss-reactive ketones (excluding diaryl/α,β-unsaturated/α-hetero) is 1. The summed E-state index contributed by atoms with van der Waals surface area (Å²) in [4.78, 5) is 32.1. The molecule has 1 unspecified atom stereocenters. The molecule has 2 heterocycles. The van der Waals surface area contributed by atoms with Crippen molar-refractivity contribution in [2.75, 3.05) is 14.2 Å². The summed E-state index contributed by atoms with van der Waals surface area (Å²) in [5.74, 6) is -0.331. The summed E-state index contributed by atoms with van der Waals surface area (Å²) in [5, 5.41) is 11.4. The van der Waals surface area contributed by atoms with E-state index in [-0.39, 0.29) is 23.8 Å². The lowest BCUT2D eigenvalue weighted by Crippen LogP contribution is -2.29. The number of hydrogen-bond donors (Lipinski definition) is 1. The van der Waals surface area contributed by atoms with Gasteiger partial charge in [-0.15, -0.1) is 0 Å². The molecule has 1 aromatic heterocycles. The molecule has 0 aliphatic carbocycles. The Morgan fingerprint density at radius 2 is 1.69 bits per heavy atom. The zero-order valence-electron chi connectivity index (χ0n) is 20.2. The van der Waals surface area contributed by atoms with Crippen molar-refractivity contribution >= 4 is 17.4 Å². The molecule has 35 heavy (non-hydrogen) atoms. The summed E-state index contributed by atoms with van der Waals surface area (Å²) in [6, 6.07) is 15.2. The molecule has 1 N–H and O–H groups in total. The molecule has 0 saturated carbocycles. The Bertz CT molecular complexity index is 1280. The Hall–Kier alpha value is -4.13. The van der Waals surface area contributed by atoms with Crippen molar-refractivity contribution in [2.24, 2.45) is 0 Å². The normalized spacial score (nSPS) is 17.2. The summed E-state index contributed by atoms with van der Waals surface area (Å²) in [5.41, 5.74) is 2.77. The van der Waals surface area contributed by atoms with Gasteiger partial charge < -0.3 is 19.5 Å². The van der Waals surface area contributed by atoms with Gasteiger partial charge in [-0.2, -0.15) is 0 Å². The third kappa shape index (κ3) is 4.49. The summed E-state index contributed by atoms with van der Waals surface area (Å²) >= 11 is 0. The van der Waals surface area contributed by atoms with Crippen molar-refractivity contribution in [3.63, 3.8) is 0 Å². The maximum Gasteiger partial charge on any atom is 0.295 e. The Morgan fingerprint density at radius 3 is 2.34 bits per heavy atom. The molecule has 1 amide bonds. The standard InChI is InChI=1S/C28H28N2O5/c1-17(2)21-15-19(9-10-23(21)35-4)26(31)24-25(20-7-5-6-8-22(20)34-3)30(28(33)27(24)32)16-18-11-13-29-14-12-18/h5-15,17,25,31H,16H2,1-4H3/b26-24+. The predicted octanol–water partition coefficient (Wildman–Crippen LogP) is 4.84. The minimum absolute atomic E-state index is 0.0217. The van der Waals surface area contributed by atoms with Crippen LogP contribution in [0.2, 0.25) is 0 Å². The SMILES string of the molecule is COc1ccc(/C(O)=C2\C(=O)C(=O)N(Cc3ccncc3)C2c2ccccc2OC)cc1C(C)C. The van der Waals surface area contributed by atoms with Gasteiger partial charge in [-0.1, -0.05) is 32.0 Å². The Labute approximate surface area is 204 Å². The van der Waals surface area contributed by atoms with Crippen LogP contribution in [0.4, 0.5) is 0 Å². The molecule has 1 fully saturated rings. The third-order valence-corrected chi connectivity index (χ3v) is 6.20. The summed E-state index contributed by atoms with van der Waals surface area (Å²) in [6.45, 7) is 4.21. The smallest absolute Gasteiger partial charge is 0.295 e. The number of carbonyl (C=O) groups excluding carboxylic acids is 2. The van der Waals surface area contributed by atoms with E-state index in [1.165, 1.54) is 12.0 Å². The highest BCUT2D eigenvalue weighted by Gasteiger charge is 2.47. The van der Waals surface area contributed by atoms with Gasteiger partial charge in [0.2, 0.25) is 0 Å². The van der Waals surface area contributed by atoms with Crippen molar-refractivity contribution in [1.82, 2.24) is 9.88 Å². The van der Waals surface area contributed by atoms with Crippen LogP contribution in [0.5, 0.6) is 11.5 Å². The molecular formula is C28H28N2O5. The quantitative estimate of drug-likeness (QED) is 0.301. The van der Waals surface area contributed by atoms with Gasteiger partial charge in [0.05, 0.1) is 25.8 Å². The number of pyridine rings is 1. The molecule has 180 valence electrons. The molecule has 1 saturated heterocycles. The fourth-order valence-corrected chi connectivity index (χ4v) is 4.43. The number of benzene rings is 2. The minimum atomic E-state index is -0.830. The largest absolute Gasteiger partial charge is 0.507 e. The summed E-state index contributed by atoms with van der Waals surface area (Å²) in [6.07, 6.45) is 3.27. The molecule has 3 aromatic rings. The molecule has 0 radical (unpaired) electrons. The lowest BCUT2D eigenvalue weighted by atomic mass is 9.92. The van der Waals surface area contributed by atoms with E-state index >= 15 is 0 Å². The van der Waals surface area contributed by atoms with E-state index in [9.17, 15) is 14.7 Å². The fourth-order valence-electron chi connectivity index (χ4n) is 4.43. The van der Waals surface area contributed by atoms with E-state index in [2.05, 4.69) is 4.98 Å². The van der Waals surface area contributed by atoms with Crippen LogP contribution in [0, 0.1) is 0 Å². The number of likely N-dealkylation sites (tertiary alicyclic amines) is 1. The van der Waals surface area contributed by atoms with Crippen LogP contribution in [0.15, 0.2) is 72.6 Å². The second kappa shape index (κ2) is 10.0. The van der Waals surface area contributed by atoms with Crippen LogP contribution in [0.25, 0.3) is 5.76 Å². The maximum atomic E-state index is 13.4. The van der Waals surface area contributed by atoms with Crippen molar-refractivity contribution < 1.29 is 24.2 Å². The number of aliphatic hydroxyl groups is 1. The number of ketones is 1. The van der Waals surface area contributed by atoms with E-state index in [0.29, 0.717) is 22.6 Å². The number of aromatic nitrogens is 1. The minimum Gasteiger partial charge on any atom is -0.507 e. The number of ether oxygens (including phenoxy) is 2. The van der Waals surface area contributed by atoms with Gasteiger partial charge in [0.15, 0.2) is 0 Å². The number of para-hydroxylation sites is 1. The molecular weight excluding hydrogens is 444 g/mol. The highest BCUT2D eigenvalue weighted by molar-refractivity contribution is 6.46. The average Bonchev–Trinajstić information content (AvgIpc) is 3.13. The van der Waals surface area contributed by atoms with Gasteiger partial charge in [-0.3, -0.25) is 14.6 Å². The molecule has 1 atom stereocenters. The van der Waals surface area contributed by atoms with Crippen molar-refractivity contribution in [1.29, 1.82) is 0 Å². The van der Waals surface area contributed by atoms with Gasteiger partial charge in [-0.25, -0.2) is 0 Å². The highest BCUT2D eigenvalue weighted by Crippen LogP contribution is 2.43. The molecule has 1 aliphatic rings. The van der Waals surface area contributed by atoms with Crippen LogP contribution < -0.4 is 9.47 Å². The molecule has 7 heteroatoms. The predicted molar refractivity (Wildman–Crippen MR) is 132 cm³/mol. The third-order valence-electron chi connectivity index (χ3n) is 6.20. The first kappa shape index (κ1) is 24.0. The average molecular weight is 473 g/mol. The summed E-state index contributed by atoms with van der Waals surface area (Å²) in [7, 11) is 3.12. The number of aliphatic hydroxyl groups excluding tert-OH is 1. The molecule has 0 bridgehead atoms. The van der Waals surface area contributed by atoms with Gasteiger partial charge in [0.25, 0.3) is 11.7 Å². The first-order valence-electron chi connectivity index (χ1n) is 11.4. The van der Waals surface area contributed by atoms with E-state index in [1.54, 1.807) is 62.0 Å². The van der Waals surface area contributed by atoms with E-state index < -0.39 is 17.7 Å². The Kier molecular flexibility index (Phi) is 6.87. The second-order valence-corrected chi connectivity index (χ2v) is 8.64. The molecule has 2 aromatic carbocycles. The lowest BCUT2D eigenvalue weighted by molar-refractivity contribution is -0.140. The van der Waals surface area contributed by atoms with Crippen molar-refractivity contribution in [3.05, 3.63) is 94.8 Å². The Balaban J connectivity index is 1.91. The second-order valence-electron chi connectivity index (χ2n) is 8.64. The van der Waals surface area contributed by atoms with Gasteiger partial charge in [0.1, 0.15) is 17.3 Å². The topological polar surface area (TPSA) is 89.0 Å². The lowest BCUT2D eigenvalue weighted by Gasteiger charge is -2.26. The van der Waals surface area contributed by atoms with Crippen LogP contribution in [-0.4, -0.2) is 40.9 Å². The van der Waals surface area contributed by atoms with E-state index in [1.807, 2.05) is 26.0 Å². The number of hydrogen-bond acceptors (Lipinski definition) is 6. The first-order valence-corrected chi connectivity index (χ1v) is 11.4. The van der Waals surface area contributed by atoms with Crippen LogP contribution >= 0.6 is 0 Å². The Morgan fingerprint density at radius 1 is 1.00 bits per heavy atom. The fraction of sp³-hybridized carbons (Fsp3) is 0.250. The number of amides is 1. The number of methoxy groups -OCH3 is 2. The van der Waals surface area contributed by atoms with Crippen molar-refractivity contribution in [2.45, 2.75) is 32.4 Å². The van der Waals surface area contributed by atoms with Crippen LogP contribution in [-0.2, 0) is 16.1 Å². The van der Waals surface area contributed by atoms with E-state index in [4.69, 9.17) is 9.47 Å². The number of carbonyl (C=O) groups is 2.